The molecule has 12 heteroatoms. The summed E-state index contributed by atoms with van der Waals surface area (Å²) in [7, 11) is -1.76. The summed E-state index contributed by atoms with van der Waals surface area (Å²) in [4.78, 5) is 33.8. The van der Waals surface area contributed by atoms with Crippen LogP contribution in [0.5, 0.6) is 5.75 Å². The number of anilines is 1. The van der Waals surface area contributed by atoms with Crippen molar-refractivity contribution in [2.45, 2.75) is 48.4 Å². The Kier molecular flexibility index (Phi) is 12.4. The fourth-order valence-corrected chi connectivity index (χ4v) is 7.38. The molecule has 50 heavy (non-hydrogen) atoms. The molecule has 1 aliphatic heterocycles. The van der Waals surface area contributed by atoms with Crippen LogP contribution in [0.4, 0.5) is 5.69 Å². The van der Waals surface area contributed by atoms with Gasteiger partial charge in [0, 0.05) is 35.3 Å². The van der Waals surface area contributed by atoms with Crippen molar-refractivity contribution in [3.8, 4) is 5.75 Å². The lowest BCUT2D eigenvalue weighted by molar-refractivity contribution is -0.117. The molecule has 0 saturated carbocycles. The van der Waals surface area contributed by atoms with Crippen LogP contribution in [0.3, 0.4) is 0 Å². The van der Waals surface area contributed by atoms with E-state index in [9.17, 15) is 23.1 Å². The Bertz CT molecular complexity index is 1860. The molecule has 0 bridgehead atoms. The maximum atomic E-state index is 13.9. The van der Waals surface area contributed by atoms with E-state index in [1.165, 1.54) is 4.90 Å². The van der Waals surface area contributed by atoms with Crippen molar-refractivity contribution >= 4 is 39.3 Å². The number of aliphatic hydroxyl groups excluding tert-OH is 1. The van der Waals surface area contributed by atoms with E-state index in [1.807, 2.05) is 32.2 Å². The topological polar surface area (TPSA) is 128 Å². The lowest BCUT2D eigenvalue weighted by Crippen LogP contribution is -2.49. The number of aliphatic hydroxyl groups is 1. The van der Waals surface area contributed by atoms with Gasteiger partial charge in [-0.05, 0) is 61.5 Å². The Morgan fingerprint density at radius 2 is 1.62 bits per heavy atom. The molecule has 4 atom stereocenters. The number of para-hydroxylation sites is 1. The Morgan fingerprint density at radius 1 is 0.980 bits per heavy atom. The molecule has 5 rings (SSSR count). The molecule has 10 nitrogen and oxygen atoms in total. The van der Waals surface area contributed by atoms with Gasteiger partial charge in [0.15, 0.2) is 5.75 Å². The van der Waals surface area contributed by atoms with E-state index in [2.05, 4.69) is 51.3 Å². The molecule has 1 unspecified atom stereocenters. The van der Waals surface area contributed by atoms with Crippen molar-refractivity contribution in [2.24, 2.45) is 5.92 Å². The summed E-state index contributed by atoms with van der Waals surface area (Å²) >= 11 is 1.71. The fraction of sp³-hybridized carbons (Fsp3) is 0.316. The third kappa shape index (κ3) is 9.73. The van der Waals surface area contributed by atoms with Crippen LogP contribution >= 0.6 is 11.8 Å². The molecule has 1 aliphatic rings. The van der Waals surface area contributed by atoms with Crippen LogP contribution in [0, 0.1) is 5.92 Å². The molecule has 1 heterocycles. The molecule has 3 N–H and O–H groups in total. The first-order valence-electron chi connectivity index (χ1n) is 16.5. The van der Waals surface area contributed by atoms with Gasteiger partial charge in [0.05, 0.1) is 30.2 Å². The smallest absolute Gasteiger partial charge is 0.258 e. The third-order valence-electron chi connectivity index (χ3n) is 8.52. The molecule has 0 saturated heterocycles. The SMILES string of the molecule is C[C@@H]1CN([C@@H](C)CO)C(=O)c2cccc(NC(=O)C(NS(C)(=O)=O)c3ccccc3)c2O[C@@H]1CN(C)Cc1ccc(Sc2ccccc2)cc1. The Labute approximate surface area is 298 Å². The van der Waals surface area contributed by atoms with Gasteiger partial charge in [-0.3, -0.25) is 14.5 Å². The Balaban J connectivity index is 1.40. The van der Waals surface area contributed by atoms with E-state index in [-0.39, 0.29) is 35.4 Å². The lowest BCUT2D eigenvalue weighted by Gasteiger charge is -2.38. The molecule has 4 aromatic rings. The zero-order chi connectivity index (χ0) is 35.8. The van der Waals surface area contributed by atoms with E-state index >= 15 is 0 Å². The van der Waals surface area contributed by atoms with Crippen LogP contribution in [-0.2, 0) is 21.4 Å². The Hall–Kier alpha value is -4.20. The third-order valence-corrected chi connectivity index (χ3v) is 10.2. The summed E-state index contributed by atoms with van der Waals surface area (Å²) in [5, 5.41) is 12.9. The number of ether oxygens (including phenoxy) is 1. The number of rotatable bonds is 13. The van der Waals surface area contributed by atoms with E-state index in [0.717, 1.165) is 16.7 Å². The number of hydrogen-bond donors (Lipinski definition) is 3. The molecule has 0 aliphatic carbocycles. The lowest BCUT2D eigenvalue weighted by atomic mass is 9.98. The molecule has 0 spiro atoms. The number of nitrogens with one attached hydrogen (secondary N) is 2. The maximum absolute atomic E-state index is 13.9. The number of carbonyl (C=O) groups excluding carboxylic acids is 2. The minimum atomic E-state index is -3.77. The van der Waals surface area contributed by atoms with Gasteiger partial charge in [0.25, 0.3) is 5.91 Å². The molecule has 2 amide bonds. The van der Waals surface area contributed by atoms with Crippen LogP contribution < -0.4 is 14.8 Å². The number of likely N-dealkylation sites (N-methyl/N-ethyl adjacent to an activating group) is 1. The first kappa shape index (κ1) is 37.1. The molecule has 264 valence electrons. The van der Waals surface area contributed by atoms with E-state index in [4.69, 9.17) is 4.74 Å². The molecular weight excluding hydrogens is 673 g/mol. The number of benzene rings is 4. The van der Waals surface area contributed by atoms with Gasteiger partial charge in [-0.2, -0.15) is 4.72 Å². The predicted octanol–water partition coefficient (Wildman–Crippen LogP) is 5.42. The maximum Gasteiger partial charge on any atom is 0.258 e. The second kappa shape index (κ2) is 16.7. The van der Waals surface area contributed by atoms with E-state index < -0.39 is 34.1 Å². The number of fused-ring (bicyclic) bond motifs is 1. The van der Waals surface area contributed by atoms with Gasteiger partial charge in [0.1, 0.15) is 12.1 Å². The molecule has 0 radical (unpaired) electrons. The summed E-state index contributed by atoms with van der Waals surface area (Å²) in [5.74, 6) is -0.928. The summed E-state index contributed by atoms with van der Waals surface area (Å²) in [6.07, 6.45) is 0.582. The largest absolute Gasteiger partial charge is 0.486 e. The van der Waals surface area contributed by atoms with Crippen molar-refractivity contribution in [1.82, 2.24) is 14.5 Å². The zero-order valence-corrected chi connectivity index (χ0v) is 30.3. The average Bonchev–Trinajstić information content (AvgIpc) is 3.10. The van der Waals surface area contributed by atoms with Gasteiger partial charge in [-0.15, -0.1) is 0 Å². The van der Waals surface area contributed by atoms with Crippen molar-refractivity contribution in [2.75, 3.05) is 38.3 Å². The fourth-order valence-electron chi connectivity index (χ4n) is 5.87. The number of amides is 2. The van der Waals surface area contributed by atoms with Crippen molar-refractivity contribution in [3.05, 3.63) is 120 Å². The summed E-state index contributed by atoms with van der Waals surface area (Å²) in [6, 6.07) is 30.4. The van der Waals surface area contributed by atoms with Gasteiger partial charge in [-0.1, -0.05) is 85.4 Å². The zero-order valence-electron chi connectivity index (χ0n) is 28.7. The molecule has 0 aromatic heterocycles. The highest BCUT2D eigenvalue weighted by molar-refractivity contribution is 7.99. The minimum absolute atomic E-state index is 0.152. The minimum Gasteiger partial charge on any atom is -0.486 e. The second-order valence-corrected chi connectivity index (χ2v) is 15.7. The monoisotopic (exact) mass is 716 g/mol. The first-order valence-corrected chi connectivity index (χ1v) is 19.2. The van der Waals surface area contributed by atoms with Crippen molar-refractivity contribution < 1.29 is 27.9 Å². The van der Waals surface area contributed by atoms with Crippen LogP contribution in [0.2, 0.25) is 0 Å². The summed E-state index contributed by atoms with van der Waals surface area (Å²) in [5.41, 5.74) is 2.06. The quantitative estimate of drug-likeness (QED) is 0.168. The predicted molar refractivity (Wildman–Crippen MR) is 197 cm³/mol. The van der Waals surface area contributed by atoms with Gasteiger partial charge >= 0.3 is 0 Å². The van der Waals surface area contributed by atoms with Crippen LogP contribution in [0.25, 0.3) is 0 Å². The van der Waals surface area contributed by atoms with Crippen molar-refractivity contribution in [3.63, 3.8) is 0 Å². The standard InChI is InChI=1S/C38H44N4O6S2/c1-26-22-42(27(2)25-43)38(45)32-16-11-17-33(39-37(44)35(40-50(4,46)47)29-12-7-5-8-13-29)36(32)48-34(26)24-41(3)23-28-18-20-31(21-19-28)49-30-14-9-6-10-15-30/h5-21,26-27,34-35,40,43H,22-25H2,1-4H3,(H,39,44)/t26-,27+,34-,35?/m1/s1. The van der Waals surface area contributed by atoms with E-state index in [1.54, 1.807) is 72.1 Å². The van der Waals surface area contributed by atoms with E-state index in [0.29, 0.717) is 25.2 Å². The van der Waals surface area contributed by atoms with Gasteiger partial charge in [0.2, 0.25) is 15.9 Å². The Morgan fingerprint density at radius 3 is 2.26 bits per heavy atom. The molecular formula is C38H44N4O6S2. The summed E-state index contributed by atoms with van der Waals surface area (Å²) < 4.78 is 33.6. The molecule has 0 fully saturated rings. The molecule has 4 aromatic carbocycles. The number of nitrogens with zero attached hydrogens (tertiary/aromatic N) is 2. The number of sulfonamides is 1. The van der Waals surface area contributed by atoms with Crippen molar-refractivity contribution in [1.29, 1.82) is 0 Å². The second-order valence-electron chi connectivity index (χ2n) is 12.8. The highest BCUT2D eigenvalue weighted by Gasteiger charge is 2.35. The van der Waals surface area contributed by atoms with Crippen LogP contribution in [0.15, 0.2) is 113 Å². The first-order chi connectivity index (χ1) is 23.9. The van der Waals surface area contributed by atoms with Gasteiger partial charge in [-0.25, -0.2) is 8.42 Å². The van der Waals surface area contributed by atoms with Crippen LogP contribution in [-0.4, -0.2) is 80.3 Å². The summed E-state index contributed by atoms with van der Waals surface area (Å²) in [6.45, 7) is 5.09. The highest BCUT2D eigenvalue weighted by Crippen LogP contribution is 2.36. The number of carbonyl (C=O) groups is 2. The van der Waals surface area contributed by atoms with Gasteiger partial charge < -0.3 is 20.1 Å². The highest BCUT2D eigenvalue weighted by atomic mass is 32.2. The average molecular weight is 717 g/mol. The number of hydrogen-bond acceptors (Lipinski definition) is 8. The van der Waals surface area contributed by atoms with Crippen LogP contribution in [0.1, 0.15) is 41.4 Å². The normalized spacial score (nSPS) is 17.6.